The van der Waals surface area contributed by atoms with Crippen molar-refractivity contribution < 1.29 is 9.18 Å². The van der Waals surface area contributed by atoms with Crippen molar-refractivity contribution in [1.29, 1.82) is 10.8 Å². The summed E-state index contributed by atoms with van der Waals surface area (Å²) in [6, 6.07) is 8.20. The summed E-state index contributed by atoms with van der Waals surface area (Å²) in [4.78, 5) is 10.8. The molecule has 0 radical (unpaired) electrons. The molecule has 0 saturated carbocycles. The van der Waals surface area contributed by atoms with Gasteiger partial charge in [0.25, 0.3) is 0 Å². The molecule has 7 nitrogen and oxygen atoms in total. The van der Waals surface area contributed by atoms with Gasteiger partial charge in [0.15, 0.2) is 0 Å². The van der Waals surface area contributed by atoms with Crippen LogP contribution in [0, 0.1) is 16.6 Å². The second-order valence-corrected chi connectivity index (χ2v) is 5.85. The molecule has 0 aliphatic heterocycles. The summed E-state index contributed by atoms with van der Waals surface area (Å²) in [5.41, 5.74) is 9.21. The molecule has 0 spiro atoms. The van der Waals surface area contributed by atoms with Crippen LogP contribution in [-0.2, 0) is 4.79 Å². The summed E-state index contributed by atoms with van der Waals surface area (Å²) < 4.78 is 13.9. The minimum atomic E-state index is -0.583. The van der Waals surface area contributed by atoms with Crippen LogP contribution in [0.2, 0.25) is 0 Å². The number of rotatable bonds is 9. The van der Waals surface area contributed by atoms with Crippen LogP contribution in [0.4, 0.5) is 21.5 Å². The lowest BCUT2D eigenvalue weighted by molar-refractivity contribution is -0.106. The summed E-state index contributed by atoms with van der Waals surface area (Å²) in [6.45, 7) is -0.0131. The van der Waals surface area contributed by atoms with Gasteiger partial charge in [-0.3, -0.25) is 5.41 Å². The van der Waals surface area contributed by atoms with E-state index in [0.717, 1.165) is 6.21 Å². The molecule has 8 heteroatoms. The minimum absolute atomic E-state index is 0.0131. The molecule has 0 heterocycles. The maximum Gasteiger partial charge on any atom is 0.148 e. The van der Waals surface area contributed by atoms with Crippen LogP contribution in [0.3, 0.4) is 0 Å². The number of carbonyl (C=O) groups is 1. The fourth-order valence-electron chi connectivity index (χ4n) is 2.80. The highest BCUT2D eigenvalue weighted by Gasteiger charge is 2.16. The van der Waals surface area contributed by atoms with Crippen molar-refractivity contribution in [3.63, 3.8) is 0 Å². The summed E-state index contributed by atoms with van der Waals surface area (Å²) in [7, 11) is 3.43. The molecule has 7 N–H and O–H groups in total. The number of nitrogens with one attached hydrogen (secondary N) is 5. The highest BCUT2D eigenvalue weighted by atomic mass is 19.1. The average molecular weight is 382 g/mol. The summed E-state index contributed by atoms with van der Waals surface area (Å²) in [5, 5.41) is 24.7. The van der Waals surface area contributed by atoms with Gasteiger partial charge in [0.2, 0.25) is 0 Å². The SMILES string of the molecule is CN/C=C(\C=N)C(=N)c1cc(-c2ccc(F)c(N)c2NCC=O)ccc1NC. The molecule has 0 aromatic heterocycles. The fourth-order valence-corrected chi connectivity index (χ4v) is 2.80. The van der Waals surface area contributed by atoms with Crippen molar-refractivity contribution in [2.75, 3.05) is 37.0 Å². The van der Waals surface area contributed by atoms with E-state index >= 15 is 0 Å². The molecule has 0 atom stereocenters. The zero-order chi connectivity index (χ0) is 20.7. The smallest absolute Gasteiger partial charge is 0.148 e. The number of aldehydes is 1. The van der Waals surface area contributed by atoms with Gasteiger partial charge in [-0.1, -0.05) is 6.07 Å². The third-order valence-electron chi connectivity index (χ3n) is 4.17. The Kier molecular flexibility index (Phi) is 6.86. The van der Waals surface area contributed by atoms with E-state index in [1.807, 2.05) is 6.07 Å². The molecule has 0 fully saturated rings. The first-order chi connectivity index (χ1) is 13.5. The highest BCUT2D eigenvalue weighted by Crippen LogP contribution is 2.36. The summed E-state index contributed by atoms with van der Waals surface area (Å²) in [5.74, 6) is -0.583. The minimum Gasteiger partial charge on any atom is -0.395 e. The van der Waals surface area contributed by atoms with E-state index in [1.165, 1.54) is 6.07 Å². The monoisotopic (exact) mass is 382 g/mol. The van der Waals surface area contributed by atoms with E-state index in [9.17, 15) is 9.18 Å². The molecule has 28 heavy (non-hydrogen) atoms. The van der Waals surface area contributed by atoms with E-state index in [0.29, 0.717) is 39.9 Å². The topological polar surface area (TPSA) is 127 Å². The van der Waals surface area contributed by atoms with Gasteiger partial charge >= 0.3 is 0 Å². The molecule has 0 saturated heterocycles. The van der Waals surface area contributed by atoms with Gasteiger partial charge in [-0.2, -0.15) is 0 Å². The number of nitrogen functional groups attached to an aromatic ring is 1. The lowest BCUT2D eigenvalue weighted by atomic mass is 9.95. The van der Waals surface area contributed by atoms with Crippen LogP contribution in [0.1, 0.15) is 5.56 Å². The Morgan fingerprint density at radius 3 is 2.61 bits per heavy atom. The Morgan fingerprint density at radius 2 is 2.00 bits per heavy atom. The predicted octanol–water partition coefficient (Wildman–Crippen LogP) is 2.85. The molecular formula is C20H23FN6O. The standard InChI is InChI=1S/C20H23FN6O/c1-25-11-13(10-22)18(23)15-9-12(3-6-17(15)26-2)14-4-5-16(21)19(24)20(14)27-7-8-28/h3-6,8-11,22-23,25-27H,7,24H2,1-2H3/b13-11+,22-10?,23-18?. The van der Waals surface area contributed by atoms with Crippen LogP contribution >= 0.6 is 0 Å². The lowest BCUT2D eigenvalue weighted by Crippen LogP contribution is -2.11. The predicted molar refractivity (Wildman–Crippen MR) is 113 cm³/mol. The first-order valence-electron chi connectivity index (χ1n) is 8.53. The average Bonchev–Trinajstić information content (AvgIpc) is 2.72. The molecule has 2 aromatic carbocycles. The molecular weight excluding hydrogens is 359 g/mol. The molecule has 0 bridgehead atoms. The van der Waals surface area contributed by atoms with E-state index in [1.54, 1.807) is 38.5 Å². The number of allylic oxidation sites excluding steroid dienone is 1. The molecule has 0 amide bonds. The summed E-state index contributed by atoms with van der Waals surface area (Å²) >= 11 is 0. The molecule has 0 unspecified atom stereocenters. The molecule has 0 aliphatic rings. The van der Waals surface area contributed by atoms with Crippen LogP contribution in [-0.4, -0.2) is 38.9 Å². The van der Waals surface area contributed by atoms with Crippen molar-refractivity contribution in [3.8, 4) is 11.1 Å². The fraction of sp³-hybridized carbons (Fsp3) is 0.150. The number of carbonyl (C=O) groups excluding carboxylic acids is 1. The number of benzene rings is 2. The van der Waals surface area contributed by atoms with E-state index < -0.39 is 5.82 Å². The Morgan fingerprint density at radius 1 is 1.25 bits per heavy atom. The van der Waals surface area contributed by atoms with Gasteiger partial charge in [0.1, 0.15) is 12.1 Å². The van der Waals surface area contributed by atoms with Crippen LogP contribution in [0.15, 0.2) is 42.1 Å². The van der Waals surface area contributed by atoms with Crippen LogP contribution < -0.4 is 21.7 Å². The first-order valence-corrected chi connectivity index (χ1v) is 8.53. The van der Waals surface area contributed by atoms with Crippen molar-refractivity contribution in [2.45, 2.75) is 0 Å². The van der Waals surface area contributed by atoms with Gasteiger partial charge < -0.3 is 31.9 Å². The third-order valence-corrected chi connectivity index (χ3v) is 4.17. The first kappa shape index (κ1) is 20.6. The number of hydrogen-bond donors (Lipinski definition) is 6. The molecule has 0 aliphatic carbocycles. The number of nitrogens with two attached hydrogens (primary N) is 1. The van der Waals surface area contributed by atoms with E-state index in [4.69, 9.17) is 16.6 Å². The Bertz CT molecular complexity index is 939. The van der Waals surface area contributed by atoms with Gasteiger partial charge in [0.05, 0.1) is 23.6 Å². The van der Waals surface area contributed by atoms with E-state index in [-0.39, 0.29) is 17.9 Å². The van der Waals surface area contributed by atoms with Crippen molar-refractivity contribution in [2.24, 2.45) is 0 Å². The lowest BCUT2D eigenvalue weighted by Gasteiger charge is -2.17. The molecule has 2 aromatic rings. The van der Waals surface area contributed by atoms with Crippen molar-refractivity contribution in [3.05, 3.63) is 53.5 Å². The maximum atomic E-state index is 13.9. The maximum absolute atomic E-state index is 13.9. The van der Waals surface area contributed by atoms with Crippen LogP contribution in [0.5, 0.6) is 0 Å². The Balaban J connectivity index is 2.64. The second kappa shape index (κ2) is 9.31. The molecule has 146 valence electrons. The van der Waals surface area contributed by atoms with Gasteiger partial charge in [-0.05, 0) is 29.8 Å². The van der Waals surface area contributed by atoms with Gasteiger partial charge in [-0.15, -0.1) is 0 Å². The Labute approximate surface area is 162 Å². The van der Waals surface area contributed by atoms with Gasteiger partial charge in [-0.25, -0.2) is 4.39 Å². The number of anilines is 3. The van der Waals surface area contributed by atoms with Crippen molar-refractivity contribution in [1.82, 2.24) is 5.32 Å². The van der Waals surface area contributed by atoms with Crippen molar-refractivity contribution >= 4 is 35.3 Å². The normalized spacial score (nSPS) is 10.9. The number of hydrogen-bond acceptors (Lipinski definition) is 7. The zero-order valence-corrected chi connectivity index (χ0v) is 15.7. The third kappa shape index (κ3) is 4.17. The zero-order valence-electron chi connectivity index (χ0n) is 15.7. The van der Waals surface area contributed by atoms with Gasteiger partial charge in [0, 0.05) is 48.9 Å². The quantitative estimate of drug-likeness (QED) is 0.226. The van der Waals surface area contributed by atoms with Crippen LogP contribution in [0.25, 0.3) is 11.1 Å². The number of halogens is 1. The second-order valence-electron chi connectivity index (χ2n) is 5.85. The molecule has 2 rings (SSSR count). The largest absolute Gasteiger partial charge is 0.395 e. The Hall–Kier alpha value is -3.68. The highest BCUT2D eigenvalue weighted by molar-refractivity contribution is 6.24. The van der Waals surface area contributed by atoms with E-state index in [2.05, 4.69) is 16.0 Å². The summed E-state index contributed by atoms with van der Waals surface area (Å²) in [6.07, 6.45) is 3.32.